The SMILES string of the molecule is O=C([O-])O.[Ca+2].[O-]B([O-])[O-].[Zn+2]. The van der Waals surface area contributed by atoms with Crippen LogP contribution in [0.15, 0.2) is 0 Å². The first-order valence-electron chi connectivity index (χ1n) is 1.34. The zero-order valence-corrected chi connectivity index (χ0v) is 10.2. The maximum Gasteiger partial charge on any atom is 2.00 e. The predicted molar refractivity (Wildman–Crippen MR) is 19.5 cm³/mol. The Kier molecular flexibility index (Phi) is 37.3. The van der Waals surface area contributed by atoms with Crippen LogP contribution >= 0.6 is 0 Å². The summed E-state index contributed by atoms with van der Waals surface area (Å²) in [6.45, 7) is 0. The van der Waals surface area contributed by atoms with Crippen LogP contribution < -0.4 is 20.2 Å². The van der Waals surface area contributed by atoms with Gasteiger partial charge in [-0.3, -0.25) is 7.32 Å². The topological polar surface area (TPSA) is 130 Å². The van der Waals surface area contributed by atoms with Crippen LogP contribution in [0, 0.1) is 0 Å². The molecule has 0 unspecified atom stereocenters. The molecule has 0 saturated carbocycles. The van der Waals surface area contributed by atoms with Crippen molar-refractivity contribution in [3.8, 4) is 0 Å². The van der Waals surface area contributed by atoms with E-state index >= 15 is 0 Å². The van der Waals surface area contributed by atoms with Crippen LogP contribution in [0.3, 0.4) is 0 Å². The number of carbonyl (C=O) groups is 1. The molecule has 0 aromatic carbocycles. The third kappa shape index (κ3) is 495. The summed E-state index contributed by atoms with van der Waals surface area (Å²) in [5.74, 6) is 0. The second-order valence-corrected chi connectivity index (χ2v) is 0.555. The molecule has 1 N–H and O–H groups in total. The summed E-state index contributed by atoms with van der Waals surface area (Å²) in [6.07, 6.45) is -2.08. The van der Waals surface area contributed by atoms with E-state index < -0.39 is 13.5 Å². The molecule has 0 aromatic heterocycles. The van der Waals surface area contributed by atoms with Crippen LogP contribution in [0.4, 0.5) is 4.79 Å². The van der Waals surface area contributed by atoms with E-state index in [-0.39, 0.29) is 57.2 Å². The molecule has 0 saturated heterocycles. The monoisotopic (exact) mass is 224 g/mol. The first-order valence-corrected chi connectivity index (χ1v) is 1.34. The zero-order valence-electron chi connectivity index (χ0n) is 4.98. The van der Waals surface area contributed by atoms with Gasteiger partial charge < -0.3 is 30.1 Å². The first kappa shape index (κ1) is 22.5. The summed E-state index contributed by atoms with van der Waals surface area (Å²) in [7, 11) is -2.92. The molecule has 0 aromatic rings. The predicted octanol–water partition coefficient (Wildman–Crippen LogP) is -5.44. The summed E-state index contributed by atoms with van der Waals surface area (Å²) in [5.41, 5.74) is 0. The normalized spacial score (nSPS) is 5.10. The third-order valence-corrected chi connectivity index (χ3v) is 0. The van der Waals surface area contributed by atoms with Crippen molar-refractivity contribution in [2.45, 2.75) is 0 Å². The molecule has 0 fully saturated rings. The van der Waals surface area contributed by atoms with Gasteiger partial charge in [0.1, 0.15) is 0 Å². The minimum atomic E-state index is -2.92. The van der Waals surface area contributed by atoms with Crippen LogP contribution in [0.2, 0.25) is 0 Å². The molecule has 48 valence electrons. The van der Waals surface area contributed by atoms with Gasteiger partial charge in [-0.1, -0.05) is 0 Å². The fourth-order valence-corrected chi connectivity index (χ4v) is 0. The number of hydrogen-bond donors (Lipinski definition) is 1. The Morgan fingerprint density at radius 2 is 1.30 bits per heavy atom. The van der Waals surface area contributed by atoms with Crippen LogP contribution in [-0.2, 0) is 19.5 Å². The van der Waals surface area contributed by atoms with Crippen molar-refractivity contribution in [2.75, 3.05) is 0 Å². The van der Waals surface area contributed by atoms with Gasteiger partial charge >= 0.3 is 57.2 Å². The Labute approximate surface area is 99.8 Å². The Balaban J connectivity index is -0.0000000300. The van der Waals surface area contributed by atoms with E-state index in [0.29, 0.717) is 0 Å². The van der Waals surface area contributed by atoms with Crippen molar-refractivity contribution in [3.05, 3.63) is 0 Å². The Morgan fingerprint density at radius 1 is 1.30 bits per heavy atom. The Bertz CT molecular complexity index is 62.0. The second-order valence-electron chi connectivity index (χ2n) is 0.555. The van der Waals surface area contributed by atoms with Crippen LogP contribution in [0.1, 0.15) is 0 Å². The summed E-state index contributed by atoms with van der Waals surface area (Å²) < 4.78 is 0. The summed E-state index contributed by atoms with van der Waals surface area (Å²) in [6, 6.07) is 0. The van der Waals surface area contributed by atoms with Crippen LogP contribution in [0.25, 0.3) is 0 Å². The molecule has 0 spiro atoms. The first-order chi connectivity index (χ1) is 3.46. The molecule has 0 radical (unpaired) electrons. The van der Waals surface area contributed by atoms with Gasteiger partial charge in [0.25, 0.3) is 0 Å². The van der Waals surface area contributed by atoms with Gasteiger partial charge in [0.15, 0.2) is 0 Å². The molecular weight excluding hydrogens is 224 g/mol. The average molecular weight is 225 g/mol. The van der Waals surface area contributed by atoms with Crippen molar-refractivity contribution in [1.82, 2.24) is 0 Å². The fourth-order valence-electron chi connectivity index (χ4n) is 0. The summed E-state index contributed by atoms with van der Waals surface area (Å²) >= 11 is 0. The maximum absolute atomic E-state index is 8.44. The zero-order chi connectivity index (χ0) is 7.15. The van der Waals surface area contributed by atoms with Gasteiger partial charge in [-0.2, -0.15) is 0 Å². The third-order valence-electron chi connectivity index (χ3n) is 0. The maximum atomic E-state index is 8.44. The quantitative estimate of drug-likeness (QED) is 0.409. The molecule has 0 amide bonds. The molecule has 0 heterocycles. The number of hydrogen-bond acceptors (Lipinski definition) is 5. The minimum absolute atomic E-state index is 0. The van der Waals surface area contributed by atoms with Gasteiger partial charge in [0, 0.05) is 0 Å². The molecule has 0 aliphatic carbocycles. The molecule has 0 atom stereocenters. The molecule has 10 heavy (non-hydrogen) atoms. The van der Waals surface area contributed by atoms with Crippen molar-refractivity contribution in [2.24, 2.45) is 0 Å². The summed E-state index contributed by atoms with van der Waals surface area (Å²) in [5, 5.41) is 40.6. The largest absolute Gasteiger partial charge is 2.00 e. The van der Waals surface area contributed by atoms with Gasteiger partial charge in [0.2, 0.25) is 6.16 Å². The van der Waals surface area contributed by atoms with Crippen LogP contribution in [-0.4, -0.2) is 56.3 Å². The summed E-state index contributed by atoms with van der Waals surface area (Å²) in [4.78, 5) is 8.44. The van der Waals surface area contributed by atoms with E-state index in [4.69, 9.17) is 30.1 Å². The van der Waals surface area contributed by atoms with E-state index in [1.807, 2.05) is 0 Å². The smallest absolute Gasteiger partial charge is 0.907 e. The minimum Gasteiger partial charge on any atom is -0.907 e. The second kappa shape index (κ2) is 16.6. The van der Waals surface area contributed by atoms with E-state index in [0.717, 1.165) is 0 Å². The molecule has 0 aliphatic heterocycles. The molecule has 0 rings (SSSR count). The average Bonchev–Trinajstić information content (AvgIpc) is 1.25. The molecule has 6 nitrogen and oxygen atoms in total. The van der Waals surface area contributed by atoms with Crippen molar-refractivity contribution in [3.63, 3.8) is 0 Å². The van der Waals surface area contributed by atoms with E-state index in [9.17, 15) is 0 Å². The van der Waals surface area contributed by atoms with Gasteiger partial charge in [-0.15, -0.1) is 0 Å². The molecule has 0 bridgehead atoms. The van der Waals surface area contributed by atoms with Crippen LogP contribution in [0.5, 0.6) is 0 Å². The van der Waals surface area contributed by atoms with Gasteiger partial charge in [-0.05, 0) is 0 Å². The standard InChI is InChI=1S/CH2O3.BO3.Ca.Zn/c2*2-1(3)4;;/h(H2,2,3,4);;;/q;-3;2*+2/p-1. The Morgan fingerprint density at radius 3 is 1.30 bits per heavy atom. The van der Waals surface area contributed by atoms with E-state index in [1.165, 1.54) is 0 Å². The van der Waals surface area contributed by atoms with Gasteiger partial charge in [-0.25, -0.2) is 0 Å². The molecule has 9 heteroatoms. The molecule has 0 aliphatic rings. The van der Waals surface area contributed by atoms with Crippen molar-refractivity contribution >= 4 is 51.2 Å². The fraction of sp³-hybridized carbons (Fsp3) is 0. The van der Waals surface area contributed by atoms with E-state index in [2.05, 4.69) is 0 Å². The van der Waals surface area contributed by atoms with Crippen molar-refractivity contribution < 1.29 is 49.6 Å². The van der Waals surface area contributed by atoms with E-state index in [1.54, 1.807) is 0 Å². The number of carboxylic acid groups (broad SMARTS) is 2. The van der Waals surface area contributed by atoms with Gasteiger partial charge in [0.05, 0.1) is 0 Å². The molecular formula is CHBCaO6Zn. The number of rotatable bonds is 0. The Hall–Kier alpha value is 1.10. The van der Waals surface area contributed by atoms with Crippen molar-refractivity contribution in [1.29, 1.82) is 0 Å².